The van der Waals surface area contributed by atoms with Gasteiger partial charge in [0.05, 0.1) is 13.1 Å². The maximum Gasteiger partial charge on any atom is 0.331 e. The second kappa shape index (κ2) is 10.7. The summed E-state index contributed by atoms with van der Waals surface area (Å²) >= 11 is 0. The van der Waals surface area contributed by atoms with Crippen LogP contribution in [0.15, 0.2) is 84.9 Å². The van der Waals surface area contributed by atoms with E-state index in [4.69, 9.17) is 0 Å². The van der Waals surface area contributed by atoms with Crippen molar-refractivity contribution in [2.45, 2.75) is 25.4 Å². The molecule has 10 nitrogen and oxygen atoms in total. The van der Waals surface area contributed by atoms with E-state index in [9.17, 15) is 28.8 Å². The van der Waals surface area contributed by atoms with Crippen LogP contribution in [-0.4, -0.2) is 45.5 Å². The summed E-state index contributed by atoms with van der Waals surface area (Å²) in [5, 5.41) is 4.50. The SMILES string of the molecule is O=C1NC(=O)N(Cc2cccc(CN3C(=O)NC(=O)C(c4ccccc4)C3=O)c2)C(=O)C1Cc1ccccc1. The van der Waals surface area contributed by atoms with E-state index in [2.05, 4.69) is 10.6 Å². The van der Waals surface area contributed by atoms with Gasteiger partial charge in [0, 0.05) is 0 Å². The standard InChI is InChI=1S/C29H24N4O6/c34-24-22(15-18-8-3-1-4-9-18)26(36)32(28(38)30-24)16-19-10-7-11-20(14-19)17-33-27(37)23(25(35)31-29(33)39)21-12-5-2-6-13-21/h1-14,22-23H,15-17H2,(H,30,34,38)(H,31,35,39). The van der Waals surface area contributed by atoms with E-state index in [1.165, 1.54) is 0 Å². The minimum atomic E-state index is -1.15. The zero-order chi connectivity index (χ0) is 27.5. The second-order valence-electron chi connectivity index (χ2n) is 9.34. The van der Waals surface area contributed by atoms with E-state index in [1.54, 1.807) is 78.9 Å². The molecule has 3 aromatic carbocycles. The lowest BCUT2D eigenvalue weighted by Gasteiger charge is -2.31. The molecule has 5 rings (SSSR count). The van der Waals surface area contributed by atoms with E-state index >= 15 is 0 Å². The molecule has 2 unspecified atom stereocenters. The summed E-state index contributed by atoms with van der Waals surface area (Å²) in [6.45, 7) is -0.229. The van der Waals surface area contributed by atoms with Crippen molar-refractivity contribution in [3.63, 3.8) is 0 Å². The molecule has 2 atom stereocenters. The first-order valence-electron chi connectivity index (χ1n) is 12.3. The molecule has 10 heteroatoms. The molecule has 2 aliphatic heterocycles. The number of urea groups is 2. The summed E-state index contributed by atoms with van der Waals surface area (Å²) < 4.78 is 0. The third-order valence-corrected chi connectivity index (χ3v) is 6.69. The second-order valence-corrected chi connectivity index (χ2v) is 9.34. The van der Waals surface area contributed by atoms with E-state index in [0.29, 0.717) is 16.7 Å². The summed E-state index contributed by atoms with van der Waals surface area (Å²) in [7, 11) is 0. The number of barbiturate groups is 2. The van der Waals surface area contributed by atoms with E-state index in [-0.39, 0.29) is 19.5 Å². The van der Waals surface area contributed by atoms with Gasteiger partial charge in [-0.1, -0.05) is 84.9 Å². The van der Waals surface area contributed by atoms with Gasteiger partial charge in [-0.05, 0) is 28.7 Å². The van der Waals surface area contributed by atoms with Gasteiger partial charge in [-0.25, -0.2) is 9.59 Å². The Balaban J connectivity index is 1.32. The molecule has 2 N–H and O–H groups in total. The van der Waals surface area contributed by atoms with Crippen LogP contribution in [0.25, 0.3) is 0 Å². The van der Waals surface area contributed by atoms with E-state index in [1.807, 2.05) is 6.07 Å². The maximum atomic E-state index is 13.2. The summed E-state index contributed by atoms with van der Waals surface area (Å²) in [6, 6.07) is 22.6. The average molecular weight is 525 g/mol. The Hall–Kier alpha value is -5.12. The highest BCUT2D eigenvalue weighted by Gasteiger charge is 2.42. The molecule has 2 heterocycles. The van der Waals surface area contributed by atoms with E-state index < -0.39 is 47.5 Å². The van der Waals surface area contributed by atoms with Crippen LogP contribution in [-0.2, 0) is 38.7 Å². The predicted octanol–water partition coefficient (Wildman–Crippen LogP) is 2.49. The van der Waals surface area contributed by atoms with Crippen LogP contribution >= 0.6 is 0 Å². The first-order valence-corrected chi connectivity index (χ1v) is 12.3. The van der Waals surface area contributed by atoms with Gasteiger partial charge in [-0.3, -0.25) is 39.6 Å². The number of imide groups is 4. The fourth-order valence-electron chi connectivity index (χ4n) is 4.73. The molecule has 3 aromatic rings. The number of carbonyl (C=O) groups excluding carboxylic acids is 6. The first kappa shape index (κ1) is 25.5. The Morgan fingerprint density at radius 1 is 0.564 bits per heavy atom. The molecular weight excluding hydrogens is 500 g/mol. The molecular formula is C29H24N4O6. The molecule has 196 valence electrons. The highest BCUT2D eigenvalue weighted by atomic mass is 16.2. The highest BCUT2D eigenvalue weighted by Crippen LogP contribution is 2.25. The number of carbonyl (C=O) groups is 6. The largest absolute Gasteiger partial charge is 0.331 e. The van der Waals surface area contributed by atoms with Crippen molar-refractivity contribution >= 4 is 35.7 Å². The lowest BCUT2D eigenvalue weighted by atomic mass is 9.94. The third kappa shape index (κ3) is 5.30. The topological polar surface area (TPSA) is 133 Å². The summed E-state index contributed by atoms with van der Waals surface area (Å²) in [5.74, 6) is -4.77. The van der Waals surface area contributed by atoms with Crippen molar-refractivity contribution in [1.29, 1.82) is 0 Å². The molecule has 0 aliphatic carbocycles. The predicted molar refractivity (Wildman–Crippen MR) is 137 cm³/mol. The fraction of sp³-hybridized carbons (Fsp3) is 0.172. The number of hydrogen-bond acceptors (Lipinski definition) is 6. The normalized spacial score (nSPS) is 19.7. The Bertz CT molecular complexity index is 1470. The van der Waals surface area contributed by atoms with Crippen LogP contribution in [0.1, 0.15) is 28.2 Å². The summed E-state index contributed by atoms with van der Waals surface area (Å²) in [4.78, 5) is 78.2. The third-order valence-electron chi connectivity index (χ3n) is 6.69. The van der Waals surface area contributed by atoms with Crippen LogP contribution in [0.5, 0.6) is 0 Å². The van der Waals surface area contributed by atoms with Gasteiger partial charge >= 0.3 is 12.1 Å². The van der Waals surface area contributed by atoms with Crippen molar-refractivity contribution in [3.8, 4) is 0 Å². The Morgan fingerprint density at radius 3 is 1.69 bits per heavy atom. The van der Waals surface area contributed by atoms with Crippen LogP contribution in [0.2, 0.25) is 0 Å². The number of nitrogens with zero attached hydrogens (tertiary/aromatic N) is 2. The van der Waals surface area contributed by atoms with Gasteiger partial charge in [-0.2, -0.15) is 0 Å². The minimum absolute atomic E-state index is 0.109. The minimum Gasteiger partial charge on any atom is -0.277 e. The molecule has 39 heavy (non-hydrogen) atoms. The van der Waals surface area contributed by atoms with E-state index in [0.717, 1.165) is 15.4 Å². The molecule has 2 fully saturated rings. The van der Waals surface area contributed by atoms with Crippen molar-refractivity contribution in [2.24, 2.45) is 5.92 Å². The van der Waals surface area contributed by atoms with Crippen LogP contribution in [0, 0.1) is 5.92 Å². The average Bonchev–Trinajstić information content (AvgIpc) is 2.93. The lowest BCUT2D eigenvalue weighted by Crippen LogP contribution is -2.58. The molecule has 8 amide bonds. The number of nitrogens with one attached hydrogen (secondary N) is 2. The Morgan fingerprint density at radius 2 is 1.08 bits per heavy atom. The van der Waals surface area contributed by atoms with Crippen LogP contribution in [0.4, 0.5) is 9.59 Å². The molecule has 0 saturated carbocycles. The van der Waals surface area contributed by atoms with Gasteiger partial charge < -0.3 is 0 Å². The van der Waals surface area contributed by atoms with Gasteiger partial charge in [0.1, 0.15) is 11.8 Å². The number of hydrogen-bond donors (Lipinski definition) is 2. The molecule has 0 spiro atoms. The Kier molecular flexibility index (Phi) is 7.00. The van der Waals surface area contributed by atoms with Crippen molar-refractivity contribution in [1.82, 2.24) is 20.4 Å². The van der Waals surface area contributed by atoms with Gasteiger partial charge in [-0.15, -0.1) is 0 Å². The molecule has 0 bridgehead atoms. The number of amides is 8. The monoisotopic (exact) mass is 524 g/mol. The lowest BCUT2D eigenvalue weighted by molar-refractivity contribution is -0.143. The van der Waals surface area contributed by atoms with Crippen LogP contribution < -0.4 is 10.6 Å². The molecule has 2 saturated heterocycles. The van der Waals surface area contributed by atoms with Crippen molar-refractivity contribution in [2.75, 3.05) is 0 Å². The molecule has 2 aliphatic rings. The van der Waals surface area contributed by atoms with Gasteiger partial charge in [0.25, 0.3) is 0 Å². The number of rotatable bonds is 7. The zero-order valence-electron chi connectivity index (χ0n) is 20.7. The summed E-state index contributed by atoms with van der Waals surface area (Å²) in [6.07, 6.45) is 0.156. The van der Waals surface area contributed by atoms with Gasteiger partial charge in [0.15, 0.2) is 0 Å². The van der Waals surface area contributed by atoms with Crippen molar-refractivity contribution in [3.05, 3.63) is 107 Å². The smallest absolute Gasteiger partial charge is 0.277 e. The summed E-state index contributed by atoms with van der Waals surface area (Å²) in [5.41, 5.74) is 2.38. The first-order chi connectivity index (χ1) is 18.8. The fourth-order valence-corrected chi connectivity index (χ4v) is 4.73. The Labute approximate surface area is 223 Å². The molecule has 0 aromatic heterocycles. The quantitative estimate of drug-likeness (QED) is 0.457. The van der Waals surface area contributed by atoms with Crippen LogP contribution in [0.3, 0.4) is 0 Å². The van der Waals surface area contributed by atoms with Gasteiger partial charge in [0.2, 0.25) is 23.6 Å². The maximum absolute atomic E-state index is 13.2. The van der Waals surface area contributed by atoms with Crippen molar-refractivity contribution < 1.29 is 28.8 Å². The number of benzene rings is 3. The zero-order valence-corrected chi connectivity index (χ0v) is 20.7. The highest BCUT2D eigenvalue weighted by molar-refractivity contribution is 6.19. The molecule has 0 radical (unpaired) electrons.